The van der Waals surface area contributed by atoms with Gasteiger partial charge < -0.3 is 26.2 Å². The summed E-state index contributed by atoms with van der Waals surface area (Å²) in [7, 11) is 1.72. The third kappa shape index (κ3) is 7.03. The number of hydrogen-bond acceptors (Lipinski definition) is 5. The van der Waals surface area contributed by atoms with E-state index in [1.165, 1.54) is 5.56 Å². The number of carbonyl (C=O) groups is 4. The van der Waals surface area contributed by atoms with E-state index in [-0.39, 0.29) is 59.8 Å². The Morgan fingerprint density at radius 2 is 1.65 bits per heavy atom. The van der Waals surface area contributed by atoms with E-state index in [4.69, 9.17) is 0 Å². The first-order valence-electron chi connectivity index (χ1n) is 15.2. The molecule has 228 valence electrons. The number of carbonyl (C=O) groups excluding carboxylic acids is 4. The van der Waals surface area contributed by atoms with Crippen molar-refractivity contribution in [3.63, 3.8) is 0 Å². The maximum Gasteiger partial charge on any atom is 0.246 e. The zero-order chi connectivity index (χ0) is 28.8. The predicted molar refractivity (Wildman–Crippen MR) is 163 cm³/mol. The number of likely N-dealkylation sites (tertiary alicyclic amines) is 1. The Hall–Kier alpha value is -2.94. The zero-order valence-electron chi connectivity index (χ0n) is 24.5. The Morgan fingerprint density at radius 1 is 0.925 bits per heavy atom. The van der Waals surface area contributed by atoms with Crippen LogP contribution in [-0.2, 0) is 25.6 Å². The summed E-state index contributed by atoms with van der Waals surface area (Å²) >= 11 is 0. The molecule has 2 fully saturated rings. The molecule has 1 saturated carbocycles. The van der Waals surface area contributed by atoms with Crippen LogP contribution in [0.3, 0.4) is 0 Å². The minimum Gasteiger partial charge on any atom is -0.351 e. The number of rotatable bonds is 9. The number of likely N-dealkylation sites (N-methyl/N-ethyl adjacent to an activating group) is 1. The van der Waals surface area contributed by atoms with Gasteiger partial charge in [0.1, 0.15) is 12.1 Å². The molecule has 3 aliphatic rings. The van der Waals surface area contributed by atoms with E-state index in [0.29, 0.717) is 6.42 Å². The number of fused-ring (bicyclic) bond motifs is 1. The number of hydrogen-bond donors (Lipinski definition) is 4. The topological polar surface area (TPSA) is 120 Å². The molecule has 1 aliphatic heterocycles. The number of benzene rings is 1. The molecule has 0 bridgehead atoms. The summed E-state index contributed by atoms with van der Waals surface area (Å²) in [4.78, 5) is 55.3. The van der Waals surface area contributed by atoms with Crippen LogP contribution in [0.25, 0.3) is 0 Å². The first-order chi connectivity index (χ1) is 19.2. The van der Waals surface area contributed by atoms with Crippen molar-refractivity contribution in [3.8, 4) is 0 Å². The average molecular weight is 562 g/mol. The van der Waals surface area contributed by atoms with Crippen LogP contribution in [0.1, 0.15) is 95.0 Å². The van der Waals surface area contributed by atoms with Gasteiger partial charge in [-0.05, 0) is 69.5 Å². The van der Waals surface area contributed by atoms with Crippen molar-refractivity contribution in [1.29, 1.82) is 0 Å². The molecule has 0 radical (unpaired) electrons. The maximum absolute atomic E-state index is 14.3. The summed E-state index contributed by atoms with van der Waals surface area (Å²) in [6, 6.07) is 5.91. The molecule has 40 heavy (non-hydrogen) atoms. The van der Waals surface area contributed by atoms with E-state index in [2.05, 4.69) is 33.4 Å². The summed E-state index contributed by atoms with van der Waals surface area (Å²) in [6.07, 6.45) is 8.06. The molecule has 4 amide bonds. The summed E-state index contributed by atoms with van der Waals surface area (Å²) in [5.74, 6) is -0.932. The van der Waals surface area contributed by atoms with E-state index < -0.39 is 18.1 Å². The first kappa shape index (κ1) is 30.0. The van der Waals surface area contributed by atoms with Crippen molar-refractivity contribution in [2.24, 2.45) is 11.8 Å². The minimum absolute atomic E-state index is 0. The second-order valence-electron chi connectivity index (χ2n) is 12.1. The van der Waals surface area contributed by atoms with E-state index in [1.807, 2.05) is 26.0 Å². The van der Waals surface area contributed by atoms with Crippen molar-refractivity contribution in [2.45, 2.75) is 109 Å². The van der Waals surface area contributed by atoms with E-state index in [9.17, 15) is 19.2 Å². The van der Waals surface area contributed by atoms with Crippen LogP contribution in [0.2, 0.25) is 0 Å². The van der Waals surface area contributed by atoms with Gasteiger partial charge in [-0.2, -0.15) is 0 Å². The van der Waals surface area contributed by atoms with Gasteiger partial charge in [-0.15, -0.1) is 0 Å². The molecule has 1 aromatic rings. The molecular weight excluding hydrogens is 506 g/mol. The lowest BCUT2D eigenvalue weighted by Crippen LogP contribution is -2.58. The maximum atomic E-state index is 14.3. The fourth-order valence-corrected chi connectivity index (χ4v) is 6.41. The lowest BCUT2D eigenvalue weighted by atomic mass is 9.83. The summed E-state index contributed by atoms with van der Waals surface area (Å²) in [5, 5.41) is 12.3. The Labute approximate surface area is 244 Å². The van der Waals surface area contributed by atoms with Gasteiger partial charge in [0.15, 0.2) is 0 Å². The fourth-order valence-electron chi connectivity index (χ4n) is 6.41. The van der Waals surface area contributed by atoms with E-state index >= 15 is 0 Å². The third-order valence-electron chi connectivity index (χ3n) is 8.95. The molecule has 1 unspecified atom stereocenters. The SMILES string of the molecule is CN[C@@H](C)C(=O)N[C@H](C(=O)N1C[C@@H](NC(=O)C(C)C)C[C@H]1C(=O)NC1CCCc2ccccc21)C1CCCCC1.[HH].[HH].[HH].[HH]. The van der Waals surface area contributed by atoms with Crippen LogP contribution in [0.4, 0.5) is 0 Å². The van der Waals surface area contributed by atoms with Crippen LogP contribution in [-0.4, -0.2) is 66.3 Å². The van der Waals surface area contributed by atoms with Gasteiger partial charge in [-0.25, -0.2) is 0 Å². The van der Waals surface area contributed by atoms with Gasteiger partial charge in [0.25, 0.3) is 0 Å². The second kappa shape index (κ2) is 13.6. The largest absolute Gasteiger partial charge is 0.351 e. The van der Waals surface area contributed by atoms with Gasteiger partial charge in [0.2, 0.25) is 23.6 Å². The van der Waals surface area contributed by atoms with E-state index in [1.54, 1.807) is 18.9 Å². The van der Waals surface area contributed by atoms with Gasteiger partial charge in [-0.3, -0.25) is 19.2 Å². The van der Waals surface area contributed by atoms with Gasteiger partial charge in [0, 0.05) is 24.2 Å². The van der Waals surface area contributed by atoms with Gasteiger partial charge in [-0.1, -0.05) is 57.4 Å². The molecule has 9 nitrogen and oxygen atoms in total. The van der Waals surface area contributed by atoms with Crippen LogP contribution in [0.15, 0.2) is 24.3 Å². The van der Waals surface area contributed by atoms with Crippen molar-refractivity contribution >= 4 is 23.6 Å². The quantitative estimate of drug-likeness (QED) is 0.367. The molecule has 1 aromatic carbocycles. The summed E-state index contributed by atoms with van der Waals surface area (Å²) in [5.41, 5.74) is 2.38. The zero-order valence-corrected chi connectivity index (χ0v) is 24.5. The second-order valence-corrected chi connectivity index (χ2v) is 12.1. The predicted octanol–water partition coefficient (Wildman–Crippen LogP) is 3.58. The Morgan fingerprint density at radius 3 is 2.35 bits per heavy atom. The van der Waals surface area contributed by atoms with Gasteiger partial charge >= 0.3 is 0 Å². The lowest BCUT2D eigenvalue weighted by molar-refractivity contribution is -0.143. The average Bonchev–Trinajstić information content (AvgIpc) is 3.39. The van der Waals surface area contributed by atoms with E-state index in [0.717, 1.165) is 56.9 Å². The highest BCUT2D eigenvalue weighted by atomic mass is 16.2. The summed E-state index contributed by atoms with van der Waals surface area (Å²) in [6.45, 7) is 5.67. The highest BCUT2D eigenvalue weighted by molar-refractivity contribution is 5.94. The Bertz CT molecular complexity index is 1090. The number of amides is 4. The summed E-state index contributed by atoms with van der Waals surface area (Å²) < 4.78 is 0. The molecule has 1 heterocycles. The van der Waals surface area contributed by atoms with Crippen LogP contribution < -0.4 is 21.3 Å². The molecule has 1 saturated heterocycles. The molecule has 4 N–H and O–H groups in total. The normalized spacial score (nSPS) is 24.6. The molecule has 0 aromatic heterocycles. The van der Waals surface area contributed by atoms with Crippen molar-refractivity contribution < 1.29 is 24.9 Å². The standard InChI is InChI=1S/C31H47N5O4.4H2/c1-19(2)28(37)33-23-17-26(30(39)34-25-16-10-14-21-11-8-9-15-24(21)25)36(18-23)31(40)27(22-12-6-5-7-13-22)35-29(38)20(3)32-4;;;;/h8-9,11,15,19-20,22-23,25-27,32H,5-7,10,12-14,16-18H2,1-4H3,(H,33,37)(H,34,39)(H,35,38);4*1H/t20-,23-,25?,26-,27-;;;;/m0..../s1. The highest BCUT2D eigenvalue weighted by Crippen LogP contribution is 2.32. The lowest BCUT2D eigenvalue weighted by Gasteiger charge is -2.35. The Balaban J connectivity index is 0.00000462. The molecule has 2 aliphatic carbocycles. The van der Waals surface area contributed by atoms with Crippen molar-refractivity contribution in [3.05, 3.63) is 35.4 Å². The van der Waals surface area contributed by atoms with Crippen molar-refractivity contribution in [2.75, 3.05) is 13.6 Å². The van der Waals surface area contributed by atoms with Gasteiger partial charge in [0.05, 0.1) is 12.1 Å². The number of nitrogens with zero attached hydrogens (tertiary/aromatic N) is 1. The molecule has 5 atom stereocenters. The fraction of sp³-hybridized carbons (Fsp3) is 0.677. The van der Waals surface area contributed by atoms with Crippen LogP contribution in [0.5, 0.6) is 0 Å². The highest BCUT2D eigenvalue weighted by Gasteiger charge is 2.45. The first-order valence-corrected chi connectivity index (χ1v) is 15.2. The minimum atomic E-state index is -0.719. The molecule has 9 heteroatoms. The molecular formula is C31H55N5O4. The number of aryl methyl sites for hydroxylation is 1. The smallest absolute Gasteiger partial charge is 0.246 e. The Kier molecular flexibility index (Phi) is 10.2. The molecule has 0 spiro atoms. The molecule has 4 rings (SSSR count). The van der Waals surface area contributed by atoms with Crippen molar-refractivity contribution in [1.82, 2.24) is 26.2 Å². The number of nitrogens with one attached hydrogen (secondary N) is 4. The third-order valence-corrected chi connectivity index (χ3v) is 8.95. The monoisotopic (exact) mass is 561 g/mol. The van der Waals surface area contributed by atoms with Crippen LogP contribution in [0, 0.1) is 11.8 Å². The van der Waals surface area contributed by atoms with Crippen LogP contribution >= 0.6 is 0 Å².